The lowest BCUT2D eigenvalue weighted by Crippen LogP contribution is -2.04. The van der Waals surface area contributed by atoms with Crippen molar-refractivity contribution in [1.29, 1.82) is 0 Å². The summed E-state index contributed by atoms with van der Waals surface area (Å²) in [4.78, 5) is 21.2. The van der Waals surface area contributed by atoms with Gasteiger partial charge in [0.2, 0.25) is 5.76 Å². The Labute approximate surface area is 204 Å². The largest absolute Gasteiger partial charge is 0.481 e. The molecule has 0 N–H and O–H groups in total. The minimum absolute atomic E-state index is 0.0626. The number of fused-ring (bicyclic) bond motifs is 1. The number of carbonyl (C=O) groups is 1. The van der Waals surface area contributed by atoms with Crippen molar-refractivity contribution in [3.8, 4) is 11.4 Å². The number of cyclic esters (lactones) is 1. The Bertz CT molecular complexity index is 1330. The van der Waals surface area contributed by atoms with E-state index in [1.807, 2.05) is 71.4 Å². The molecule has 3 aliphatic heterocycles. The van der Waals surface area contributed by atoms with Crippen molar-refractivity contribution in [3.63, 3.8) is 0 Å². The third-order valence-electron chi connectivity index (χ3n) is 5.18. The summed E-state index contributed by atoms with van der Waals surface area (Å²) in [5, 5.41) is 0. The van der Waals surface area contributed by atoms with Crippen molar-refractivity contribution in [2.75, 3.05) is 0 Å². The number of ether oxygens (including phenoxy) is 3. The van der Waals surface area contributed by atoms with Crippen LogP contribution in [-0.4, -0.2) is 20.5 Å². The third-order valence-corrected chi connectivity index (χ3v) is 5.81. The van der Waals surface area contributed by atoms with Gasteiger partial charge in [-0.15, -0.1) is 0 Å². The first-order chi connectivity index (χ1) is 16.7. The SMILES string of the molecule is O=C1O/C(=C\Cn2cnc3ncc(Br)c-3c2)C(OCc2ccccc2)=C1OCc1ccccc1. The quantitative estimate of drug-likeness (QED) is 0.298. The number of nitrogens with zero attached hydrogens (tertiary/aromatic N) is 3. The fourth-order valence-corrected chi connectivity index (χ4v) is 3.84. The Morgan fingerprint density at radius 1 is 0.912 bits per heavy atom. The average Bonchev–Trinajstić information content (AvgIpc) is 3.39. The number of aromatic nitrogens is 3. The van der Waals surface area contributed by atoms with Crippen LogP contribution in [0.3, 0.4) is 0 Å². The fraction of sp³-hybridized carbons (Fsp3) is 0.115. The van der Waals surface area contributed by atoms with Crippen molar-refractivity contribution >= 4 is 21.9 Å². The molecule has 0 unspecified atom stereocenters. The van der Waals surface area contributed by atoms with Crippen molar-refractivity contribution < 1.29 is 19.0 Å². The zero-order valence-corrected chi connectivity index (χ0v) is 19.6. The van der Waals surface area contributed by atoms with Crippen LogP contribution in [0.15, 0.2) is 107 Å². The molecule has 0 fully saturated rings. The molecular weight excluding hydrogens is 498 g/mol. The lowest BCUT2D eigenvalue weighted by atomic mass is 10.2. The highest BCUT2D eigenvalue weighted by Crippen LogP contribution is 2.31. The maximum atomic E-state index is 12.7. The molecule has 7 nitrogen and oxygen atoms in total. The maximum absolute atomic E-state index is 12.7. The molecule has 5 rings (SSSR count). The van der Waals surface area contributed by atoms with Gasteiger partial charge < -0.3 is 18.8 Å². The van der Waals surface area contributed by atoms with Crippen molar-refractivity contribution in [2.24, 2.45) is 0 Å². The second-order valence-electron chi connectivity index (χ2n) is 7.58. The van der Waals surface area contributed by atoms with Crippen molar-refractivity contribution in [1.82, 2.24) is 14.5 Å². The number of rotatable bonds is 8. The number of benzene rings is 2. The highest BCUT2D eigenvalue weighted by molar-refractivity contribution is 9.10. The Balaban J connectivity index is 1.40. The normalized spacial score (nSPS) is 14.6. The van der Waals surface area contributed by atoms with Gasteiger partial charge in [-0.3, -0.25) is 0 Å². The highest BCUT2D eigenvalue weighted by atomic mass is 79.9. The first kappa shape index (κ1) is 21.9. The lowest BCUT2D eigenvalue weighted by Gasteiger charge is -2.10. The molecule has 170 valence electrons. The molecular formula is C26H20BrN3O4. The van der Waals surface area contributed by atoms with Crippen LogP contribution in [0.1, 0.15) is 11.1 Å². The highest BCUT2D eigenvalue weighted by Gasteiger charge is 2.34. The first-order valence-electron chi connectivity index (χ1n) is 10.6. The molecule has 0 spiro atoms. The molecule has 0 amide bonds. The van der Waals surface area contributed by atoms with Crippen LogP contribution in [0.4, 0.5) is 0 Å². The van der Waals surface area contributed by atoms with Gasteiger partial charge in [-0.1, -0.05) is 60.7 Å². The Morgan fingerprint density at radius 3 is 2.24 bits per heavy atom. The molecule has 2 aromatic carbocycles. The maximum Gasteiger partial charge on any atom is 0.383 e. The topological polar surface area (TPSA) is 75.5 Å². The van der Waals surface area contributed by atoms with Crippen molar-refractivity contribution in [2.45, 2.75) is 19.8 Å². The van der Waals surface area contributed by atoms with Crippen LogP contribution in [0.2, 0.25) is 0 Å². The lowest BCUT2D eigenvalue weighted by molar-refractivity contribution is -0.136. The number of esters is 1. The van der Waals surface area contributed by atoms with Gasteiger partial charge in [0.1, 0.15) is 13.2 Å². The monoisotopic (exact) mass is 517 g/mol. The molecule has 0 radical (unpaired) electrons. The summed E-state index contributed by atoms with van der Waals surface area (Å²) in [7, 11) is 0. The smallest absolute Gasteiger partial charge is 0.383 e. The molecule has 0 atom stereocenters. The van der Waals surface area contributed by atoms with E-state index in [1.165, 1.54) is 0 Å². The number of carbonyl (C=O) groups excluding carboxylic acids is 1. The van der Waals surface area contributed by atoms with Gasteiger partial charge in [-0.25, -0.2) is 14.8 Å². The Hall–Kier alpha value is -3.91. The van der Waals surface area contributed by atoms with Gasteiger partial charge >= 0.3 is 5.97 Å². The zero-order valence-electron chi connectivity index (χ0n) is 18.1. The van der Waals surface area contributed by atoms with Crippen LogP contribution in [0.5, 0.6) is 0 Å². The molecule has 0 bridgehead atoms. The summed E-state index contributed by atoms with van der Waals surface area (Å²) in [6.45, 7) is 0.909. The summed E-state index contributed by atoms with van der Waals surface area (Å²) in [5.74, 6) is 0.748. The van der Waals surface area contributed by atoms with E-state index >= 15 is 0 Å². The van der Waals surface area contributed by atoms with E-state index in [0.29, 0.717) is 18.1 Å². The van der Waals surface area contributed by atoms with E-state index in [2.05, 4.69) is 25.9 Å². The second-order valence-corrected chi connectivity index (χ2v) is 8.43. The number of hydrogen-bond donors (Lipinski definition) is 0. The predicted molar refractivity (Wildman–Crippen MR) is 128 cm³/mol. The summed E-state index contributed by atoms with van der Waals surface area (Å²) < 4.78 is 20.2. The summed E-state index contributed by atoms with van der Waals surface area (Å²) in [6, 6.07) is 19.3. The number of halogens is 1. The van der Waals surface area contributed by atoms with Gasteiger partial charge in [-0.2, -0.15) is 0 Å². The van der Waals surface area contributed by atoms with Crippen molar-refractivity contribution in [3.05, 3.63) is 118 Å². The van der Waals surface area contributed by atoms with Crippen LogP contribution < -0.4 is 0 Å². The Morgan fingerprint density at radius 2 is 1.56 bits per heavy atom. The zero-order chi connectivity index (χ0) is 23.3. The van der Waals surface area contributed by atoms with Gasteiger partial charge in [0.05, 0.1) is 11.9 Å². The van der Waals surface area contributed by atoms with E-state index in [9.17, 15) is 4.79 Å². The van der Waals surface area contributed by atoms with Crippen LogP contribution in [0, 0.1) is 0 Å². The summed E-state index contributed by atoms with van der Waals surface area (Å²) >= 11 is 3.48. The predicted octanol–water partition coefficient (Wildman–Crippen LogP) is 5.23. The van der Waals surface area contributed by atoms with Gasteiger partial charge in [0.15, 0.2) is 11.6 Å². The van der Waals surface area contributed by atoms with Crippen LogP contribution in [-0.2, 0) is 38.8 Å². The molecule has 0 aliphatic carbocycles. The van der Waals surface area contributed by atoms with Crippen LogP contribution >= 0.6 is 15.9 Å². The van der Waals surface area contributed by atoms with E-state index in [0.717, 1.165) is 21.2 Å². The Kier molecular flexibility index (Phi) is 6.40. The standard InChI is InChI=1S/C26H20BrN3O4/c27-21-13-28-25-20(21)14-30(17-29-25)12-11-22-23(32-15-18-7-3-1-4-8-18)24(26(31)34-22)33-16-19-9-5-2-6-10-19/h1-11,13-14,17H,12,15-16H2/b22-11-. The minimum atomic E-state index is -0.577. The van der Waals surface area contributed by atoms with E-state index in [4.69, 9.17) is 14.2 Å². The molecule has 0 aromatic heterocycles. The second kappa shape index (κ2) is 9.93. The molecule has 2 aromatic rings. The fourth-order valence-electron chi connectivity index (χ4n) is 3.45. The minimum Gasteiger partial charge on any atom is -0.481 e. The third kappa shape index (κ3) is 4.87. The molecule has 3 aliphatic rings. The van der Waals surface area contributed by atoms with E-state index in [-0.39, 0.29) is 24.7 Å². The molecule has 0 saturated carbocycles. The first-order valence-corrected chi connectivity index (χ1v) is 11.4. The van der Waals surface area contributed by atoms with Gasteiger partial charge in [-0.05, 0) is 33.1 Å². The van der Waals surface area contributed by atoms with Gasteiger partial charge in [0.25, 0.3) is 5.76 Å². The van der Waals surface area contributed by atoms with E-state index in [1.54, 1.807) is 18.6 Å². The molecule has 3 heterocycles. The van der Waals surface area contributed by atoms with Gasteiger partial charge in [0, 0.05) is 23.4 Å². The molecule has 34 heavy (non-hydrogen) atoms. The molecule has 8 heteroatoms. The number of allylic oxidation sites excluding steroid dienone is 1. The summed E-state index contributed by atoms with van der Waals surface area (Å²) in [5.41, 5.74) is 2.80. The average molecular weight is 518 g/mol. The number of hydrogen-bond acceptors (Lipinski definition) is 6. The summed E-state index contributed by atoms with van der Waals surface area (Å²) in [6.07, 6.45) is 7.09. The molecule has 0 saturated heterocycles. The van der Waals surface area contributed by atoms with E-state index < -0.39 is 5.97 Å². The van der Waals surface area contributed by atoms with Crippen LogP contribution in [0.25, 0.3) is 11.4 Å².